The molecule has 0 bridgehead atoms. The van der Waals surface area contributed by atoms with Crippen LogP contribution in [0.4, 0.5) is 0 Å². The zero-order valence-electron chi connectivity index (χ0n) is 15.1. The molecule has 0 saturated heterocycles. The van der Waals surface area contributed by atoms with Crippen molar-refractivity contribution in [2.75, 3.05) is 20.3 Å². The van der Waals surface area contributed by atoms with E-state index in [0.29, 0.717) is 44.0 Å². The van der Waals surface area contributed by atoms with Crippen LogP contribution in [0.3, 0.4) is 0 Å². The first-order valence-corrected chi connectivity index (χ1v) is 8.74. The molecule has 0 atom stereocenters. The van der Waals surface area contributed by atoms with Crippen molar-refractivity contribution in [3.05, 3.63) is 29.8 Å². The molecule has 0 aliphatic rings. The molecule has 0 fully saturated rings. The maximum atomic E-state index is 11.7. The Bertz CT molecular complexity index is 594. The fourth-order valence-corrected chi connectivity index (χ4v) is 2.15. The summed E-state index contributed by atoms with van der Waals surface area (Å²) in [6, 6.07) is 5.33. The van der Waals surface area contributed by atoms with E-state index in [-0.39, 0.29) is 0 Å². The van der Waals surface area contributed by atoms with Gasteiger partial charge in [0.05, 0.1) is 20.3 Å². The lowest BCUT2D eigenvalue weighted by atomic mass is 10.2. The fraction of sp³-hybridized carbons (Fsp3) is 0.450. The van der Waals surface area contributed by atoms with Gasteiger partial charge in [0.25, 0.3) is 0 Å². The van der Waals surface area contributed by atoms with E-state index < -0.39 is 5.97 Å². The third kappa shape index (κ3) is 9.01. The normalized spacial score (nSPS) is 10.5. The van der Waals surface area contributed by atoms with E-state index >= 15 is 0 Å². The summed E-state index contributed by atoms with van der Waals surface area (Å²) in [5.41, 5.74) is 0.782. The van der Waals surface area contributed by atoms with Crippen molar-refractivity contribution in [2.24, 2.45) is 0 Å². The first-order chi connectivity index (χ1) is 12.7. The van der Waals surface area contributed by atoms with Crippen molar-refractivity contribution in [3.8, 4) is 11.5 Å². The van der Waals surface area contributed by atoms with E-state index in [2.05, 4.69) is 0 Å². The molecule has 0 aliphatic heterocycles. The highest BCUT2D eigenvalue weighted by atomic mass is 16.5. The smallest absolute Gasteiger partial charge is 0.330 e. The second-order valence-corrected chi connectivity index (χ2v) is 5.58. The van der Waals surface area contributed by atoms with Crippen LogP contribution in [-0.4, -0.2) is 38.9 Å². The second kappa shape index (κ2) is 13.6. The average Bonchev–Trinajstić information content (AvgIpc) is 2.66. The van der Waals surface area contributed by atoms with Crippen molar-refractivity contribution >= 4 is 24.6 Å². The summed E-state index contributed by atoms with van der Waals surface area (Å²) in [7, 11) is 1.54. The summed E-state index contributed by atoms with van der Waals surface area (Å²) < 4.78 is 16.0. The molecule has 0 saturated carbocycles. The van der Waals surface area contributed by atoms with Crippen molar-refractivity contribution in [3.63, 3.8) is 0 Å². The first kappa shape index (κ1) is 21.4. The number of hydrogen-bond acceptors (Lipinski definition) is 6. The predicted molar refractivity (Wildman–Crippen MR) is 98.3 cm³/mol. The Morgan fingerprint density at radius 3 is 2.46 bits per heavy atom. The SMILES string of the molecule is COc1cc(C=CC(=O)OCCCCCC=O)ccc1OCCCC=O. The number of benzene rings is 1. The number of ether oxygens (including phenoxy) is 3. The van der Waals surface area contributed by atoms with Crippen molar-refractivity contribution in [2.45, 2.75) is 38.5 Å². The van der Waals surface area contributed by atoms with E-state index in [1.165, 1.54) is 6.08 Å². The molecule has 0 amide bonds. The monoisotopic (exact) mass is 362 g/mol. The van der Waals surface area contributed by atoms with Gasteiger partial charge in [-0.05, 0) is 49.5 Å². The summed E-state index contributed by atoms with van der Waals surface area (Å²) >= 11 is 0. The van der Waals surface area contributed by atoms with Crippen LogP contribution in [0.25, 0.3) is 6.08 Å². The molecule has 0 aliphatic carbocycles. The minimum atomic E-state index is -0.409. The van der Waals surface area contributed by atoms with Crippen LogP contribution < -0.4 is 9.47 Å². The Hall–Kier alpha value is -2.63. The van der Waals surface area contributed by atoms with Crippen molar-refractivity contribution in [1.82, 2.24) is 0 Å². The predicted octanol–water partition coefficient (Wildman–Crippen LogP) is 3.37. The Morgan fingerprint density at radius 2 is 1.73 bits per heavy atom. The van der Waals surface area contributed by atoms with Gasteiger partial charge in [-0.3, -0.25) is 0 Å². The number of carbonyl (C=O) groups excluding carboxylic acids is 3. The second-order valence-electron chi connectivity index (χ2n) is 5.58. The minimum Gasteiger partial charge on any atom is -0.493 e. The maximum Gasteiger partial charge on any atom is 0.330 e. The topological polar surface area (TPSA) is 78.9 Å². The Kier molecular flexibility index (Phi) is 11.2. The quantitative estimate of drug-likeness (QED) is 0.218. The van der Waals surface area contributed by atoms with Gasteiger partial charge in [0.2, 0.25) is 0 Å². The van der Waals surface area contributed by atoms with Crippen LogP contribution >= 0.6 is 0 Å². The van der Waals surface area contributed by atoms with Gasteiger partial charge in [0.15, 0.2) is 11.5 Å². The first-order valence-electron chi connectivity index (χ1n) is 8.74. The summed E-state index contributed by atoms with van der Waals surface area (Å²) in [5, 5.41) is 0. The number of aldehydes is 2. The average molecular weight is 362 g/mol. The van der Waals surface area contributed by atoms with Gasteiger partial charge in [0, 0.05) is 18.9 Å². The molecule has 6 nitrogen and oxygen atoms in total. The molecule has 1 aromatic rings. The van der Waals surface area contributed by atoms with Gasteiger partial charge in [-0.2, -0.15) is 0 Å². The molecule has 0 N–H and O–H groups in total. The summed E-state index contributed by atoms with van der Waals surface area (Å²) in [6.07, 6.45) is 8.85. The van der Waals surface area contributed by atoms with Crippen LogP contribution in [0.2, 0.25) is 0 Å². The van der Waals surface area contributed by atoms with Crippen LogP contribution in [0, 0.1) is 0 Å². The molecule has 26 heavy (non-hydrogen) atoms. The molecular formula is C20H26O6. The number of carbonyl (C=O) groups is 3. The van der Waals surface area contributed by atoms with Crippen LogP contribution in [0.15, 0.2) is 24.3 Å². The largest absolute Gasteiger partial charge is 0.493 e. The standard InChI is InChI=1S/C20H26O6/c1-24-19-16-17(8-10-18(19)25-14-7-5-13-22)9-11-20(23)26-15-6-3-2-4-12-21/h8-13,16H,2-7,14-15H2,1H3. The van der Waals surface area contributed by atoms with E-state index in [1.54, 1.807) is 31.4 Å². The van der Waals surface area contributed by atoms with E-state index in [9.17, 15) is 14.4 Å². The van der Waals surface area contributed by atoms with Crippen LogP contribution in [-0.2, 0) is 19.1 Å². The Balaban J connectivity index is 2.45. The number of esters is 1. The van der Waals surface area contributed by atoms with Gasteiger partial charge in [0.1, 0.15) is 12.6 Å². The molecule has 0 unspecified atom stereocenters. The maximum absolute atomic E-state index is 11.7. The number of rotatable bonds is 14. The van der Waals surface area contributed by atoms with Gasteiger partial charge in [-0.15, -0.1) is 0 Å². The van der Waals surface area contributed by atoms with Crippen molar-refractivity contribution in [1.29, 1.82) is 0 Å². The third-order valence-electron chi connectivity index (χ3n) is 3.53. The van der Waals surface area contributed by atoms with Gasteiger partial charge >= 0.3 is 5.97 Å². The molecule has 0 spiro atoms. The molecule has 1 rings (SSSR count). The van der Waals surface area contributed by atoms with Crippen molar-refractivity contribution < 1.29 is 28.6 Å². The zero-order valence-corrected chi connectivity index (χ0v) is 15.1. The van der Waals surface area contributed by atoms with Gasteiger partial charge in [-0.1, -0.05) is 6.07 Å². The number of methoxy groups -OCH3 is 1. The highest BCUT2D eigenvalue weighted by Gasteiger charge is 2.05. The molecule has 142 valence electrons. The molecule has 0 heterocycles. The van der Waals surface area contributed by atoms with Gasteiger partial charge < -0.3 is 23.8 Å². The lowest BCUT2D eigenvalue weighted by Gasteiger charge is -2.10. The van der Waals surface area contributed by atoms with E-state index in [0.717, 1.165) is 37.4 Å². The zero-order chi connectivity index (χ0) is 19.0. The molecule has 0 radical (unpaired) electrons. The fourth-order valence-electron chi connectivity index (χ4n) is 2.15. The number of hydrogen-bond donors (Lipinski definition) is 0. The lowest BCUT2D eigenvalue weighted by Crippen LogP contribution is -2.02. The minimum absolute atomic E-state index is 0.346. The van der Waals surface area contributed by atoms with E-state index in [1.807, 2.05) is 0 Å². The Morgan fingerprint density at radius 1 is 0.962 bits per heavy atom. The molecule has 6 heteroatoms. The summed E-state index contributed by atoms with van der Waals surface area (Å²) in [4.78, 5) is 32.2. The lowest BCUT2D eigenvalue weighted by molar-refractivity contribution is -0.137. The molecule has 0 aromatic heterocycles. The number of unbranched alkanes of at least 4 members (excludes halogenated alkanes) is 4. The molecular weight excluding hydrogens is 336 g/mol. The van der Waals surface area contributed by atoms with Crippen LogP contribution in [0.5, 0.6) is 11.5 Å². The van der Waals surface area contributed by atoms with Gasteiger partial charge in [-0.25, -0.2) is 4.79 Å². The van der Waals surface area contributed by atoms with E-state index in [4.69, 9.17) is 14.2 Å². The highest BCUT2D eigenvalue weighted by Crippen LogP contribution is 2.28. The third-order valence-corrected chi connectivity index (χ3v) is 3.53. The summed E-state index contributed by atoms with van der Waals surface area (Å²) in [6.45, 7) is 0.780. The Labute approximate surface area is 154 Å². The molecule has 1 aromatic carbocycles. The highest BCUT2D eigenvalue weighted by molar-refractivity contribution is 5.87. The summed E-state index contributed by atoms with van der Waals surface area (Å²) in [5.74, 6) is 0.740. The van der Waals surface area contributed by atoms with Crippen LogP contribution in [0.1, 0.15) is 44.1 Å².